The first-order valence-electron chi connectivity index (χ1n) is 7.33. The normalized spacial score (nSPS) is 23.5. The van der Waals surface area contributed by atoms with Gasteiger partial charge in [0.1, 0.15) is 5.82 Å². The molecule has 1 fully saturated rings. The van der Waals surface area contributed by atoms with E-state index in [1.54, 1.807) is 0 Å². The molecule has 1 saturated carbocycles. The maximum atomic E-state index is 4.55. The second kappa shape index (κ2) is 5.20. The summed E-state index contributed by atoms with van der Waals surface area (Å²) in [7, 11) is 0. The van der Waals surface area contributed by atoms with E-state index < -0.39 is 0 Å². The molecule has 2 aromatic rings. The van der Waals surface area contributed by atoms with Crippen LogP contribution >= 0.6 is 0 Å². The number of aryl methyl sites for hydroxylation is 1. The lowest BCUT2D eigenvalue weighted by atomic mass is 9.87. The van der Waals surface area contributed by atoms with Gasteiger partial charge in [-0.1, -0.05) is 24.6 Å². The van der Waals surface area contributed by atoms with Crippen LogP contribution in [0.5, 0.6) is 0 Å². The van der Waals surface area contributed by atoms with Crippen molar-refractivity contribution in [3.63, 3.8) is 0 Å². The molecule has 0 saturated heterocycles. The maximum absolute atomic E-state index is 4.55. The summed E-state index contributed by atoms with van der Waals surface area (Å²) in [6, 6.07) is 9.31. The molecule has 1 aromatic heterocycles. The fraction of sp³-hybridized carbons (Fsp3) is 0.471. The van der Waals surface area contributed by atoms with E-state index >= 15 is 0 Å². The van der Waals surface area contributed by atoms with E-state index in [0.717, 1.165) is 11.7 Å². The van der Waals surface area contributed by atoms with Gasteiger partial charge in [0, 0.05) is 17.6 Å². The zero-order chi connectivity index (χ0) is 13.2. The van der Waals surface area contributed by atoms with Crippen molar-refractivity contribution in [2.75, 3.05) is 5.32 Å². The second-order valence-corrected chi connectivity index (χ2v) is 6.02. The predicted molar refractivity (Wildman–Crippen MR) is 81.5 cm³/mol. The number of benzene rings is 1. The third-order valence-electron chi connectivity index (χ3n) is 4.25. The Morgan fingerprint density at radius 2 is 1.84 bits per heavy atom. The summed E-state index contributed by atoms with van der Waals surface area (Å²) in [6.07, 6.45) is 7.20. The molecule has 2 nitrogen and oxygen atoms in total. The van der Waals surface area contributed by atoms with E-state index in [2.05, 4.69) is 48.4 Å². The number of fused-ring (bicyclic) bond motifs is 1. The highest BCUT2D eigenvalue weighted by molar-refractivity contribution is 5.84. The minimum absolute atomic E-state index is 0.603. The average Bonchev–Trinajstić information content (AvgIpc) is 2.42. The van der Waals surface area contributed by atoms with Crippen molar-refractivity contribution in [2.45, 2.75) is 45.6 Å². The zero-order valence-corrected chi connectivity index (χ0v) is 11.8. The van der Waals surface area contributed by atoms with Crippen molar-refractivity contribution in [2.24, 2.45) is 5.92 Å². The van der Waals surface area contributed by atoms with Crippen LogP contribution in [0.2, 0.25) is 0 Å². The predicted octanol–water partition coefficient (Wildman–Crippen LogP) is 4.53. The van der Waals surface area contributed by atoms with Gasteiger partial charge in [-0.3, -0.25) is 0 Å². The lowest BCUT2D eigenvalue weighted by Gasteiger charge is -2.27. The molecule has 1 N–H and O–H groups in total. The SMILES string of the molecule is Cc1ccc2cc(NC3CCC(C)CC3)ncc2c1. The van der Waals surface area contributed by atoms with E-state index in [4.69, 9.17) is 0 Å². The molecule has 1 aromatic carbocycles. The van der Waals surface area contributed by atoms with Gasteiger partial charge in [0.25, 0.3) is 0 Å². The highest BCUT2D eigenvalue weighted by atomic mass is 15.0. The smallest absolute Gasteiger partial charge is 0.126 e. The Kier molecular flexibility index (Phi) is 3.41. The number of aromatic nitrogens is 1. The van der Waals surface area contributed by atoms with Gasteiger partial charge in [0.2, 0.25) is 0 Å². The first-order valence-corrected chi connectivity index (χ1v) is 7.33. The molecule has 0 amide bonds. The number of nitrogens with one attached hydrogen (secondary N) is 1. The van der Waals surface area contributed by atoms with Crippen molar-refractivity contribution in [1.82, 2.24) is 4.98 Å². The molecule has 0 atom stereocenters. The van der Waals surface area contributed by atoms with Crippen molar-refractivity contribution >= 4 is 16.6 Å². The summed E-state index contributed by atoms with van der Waals surface area (Å²) in [5.41, 5.74) is 1.29. The van der Waals surface area contributed by atoms with Gasteiger partial charge < -0.3 is 5.32 Å². The quantitative estimate of drug-likeness (QED) is 0.851. The zero-order valence-electron chi connectivity index (χ0n) is 11.8. The Bertz CT molecular complexity index is 568. The lowest BCUT2D eigenvalue weighted by molar-refractivity contribution is 0.361. The number of rotatable bonds is 2. The standard InChI is InChI=1S/C17H22N2/c1-12-4-7-16(8-5-12)19-17-10-14-6-3-13(2)9-15(14)11-18-17/h3,6,9-12,16H,4-5,7-8H2,1-2H3,(H,18,19). The Hall–Kier alpha value is -1.57. The molecule has 0 unspecified atom stereocenters. The molecule has 0 spiro atoms. The lowest BCUT2D eigenvalue weighted by Crippen LogP contribution is -2.25. The Labute approximate surface area is 115 Å². The molecule has 0 bridgehead atoms. The van der Waals surface area contributed by atoms with Gasteiger partial charge in [0.05, 0.1) is 0 Å². The fourth-order valence-electron chi connectivity index (χ4n) is 2.95. The first-order chi connectivity index (χ1) is 9.20. The van der Waals surface area contributed by atoms with Crippen LogP contribution in [0.1, 0.15) is 38.2 Å². The number of hydrogen-bond acceptors (Lipinski definition) is 2. The number of anilines is 1. The van der Waals surface area contributed by atoms with E-state index in [-0.39, 0.29) is 0 Å². The summed E-state index contributed by atoms with van der Waals surface area (Å²) in [5, 5.41) is 6.09. The molecule has 2 heteroatoms. The molecule has 3 rings (SSSR count). The summed E-state index contributed by atoms with van der Waals surface area (Å²) >= 11 is 0. The van der Waals surface area contributed by atoms with Gasteiger partial charge in [-0.05, 0) is 56.0 Å². The van der Waals surface area contributed by atoms with Gasteiger partial charge in [-0.2, -0.15) is 0 Å². The van der Waals surface area contributed by atoms with E-state index in [1.165, 1.54) is 42.0 Å². The summed E-state index contributed by atoms with van der Waals surface area (Å²) in [5.74, 6) is 1.92. The van der Waals surface area contributed by atoms with Crippen molar-refractivity contribution in [3.8, 4) is 0 Å². The topological polar surface area (TPSA) is 24.9 Å². The highest BCUT2D eigenvalue weighted by Crippen LogP contribution is 2.26. The minimum Gasteiger partial charge on any atom is -0.367 e. The van der Waals surface area contributed by atoms with Crippen LogP contribution in [0.25, 0.3) is 10.8 Å². The second-order valence-electron chi connectivity index (χ2n) is 6.02. The van der Waals surface area contributed by atoms with Crippen LogP contribution in [0.15, 0.2) is 30.5 Å². The van der Waals surface area contributed by atoms with Crippen LogP contribution in [-0.4, -0.2) is 11.0 Å². The van der Waals surface area contributed by atoms with Crippen LogP contribution < -0.4 is 5.32 Å². The van der Waals surface area contributed by atoms with Crippen molar-refractivity contribution < 1.29 is 0 Å². The molecule has 100 valence electrons. The molecule has 0 radical (unpaired) electrons. The minimum atomic E-state index is 0.603. The van der Waals surface area contributed by atoms with Gasteiger partial charge in [0.15, 0.2) is 0 Å². The van der Waals surface area contributed by atoms with Crippen molar-refractivity contribution in [1.29, 1.82) is 0 Å². The molecular formula is C17H22N2. The monoisotopic (exact) mass is 254 g/mol. The van der Waals surface area contributed by atoms with Crippen LogP contribution in [0.3, 0.4) is 0 Å². The molecule has 1 aliphatic rings. The van der Waals surface area contributed by atoms with Crippen LogP contribution in [0, 0.1) is 12.8 Å². The molecule has 19 heavy (non-hydrogen) atoms. The number of hydrogen-bond donors (Lipinski definition) is 1. The van der Waals surface area contributed by atoms with Crippen LogP contribution in [-0.2, 0) is 0 Å². The Morgan fingerprint density at radius 1 is 1.05 bits per heavy atom. The molecule has 0 aliphatic heterocycles. The maximum Gasteiger partial charge on any atom is 0.126 e. The number of pyridine rings is 1. The van der Waals surface area contributed by atoms with Gasteiger partial charge >= 0.3 is 0 Å². The van der Waals surface area contributed by atoms with E-state index in [1.807, 2.05) is 6.20 Å². The summed E-state index contributed by atoms with van der Waals surface area (Å²) in [4.78, 5) is 4.55. The van der Waals surface area contributed by atoms with E-state index in [0.29, 0.717) is 6.04 Å². The van der Waals surface area contributed by atoms with Gasteiger partial charge in [-0.25, -0.2) is 4.98 Å². The third-order valence-corrected chi connectivity index (χ3v) is 4.25. The fourth-order valence-corrected chi connectivity index (χ4v) is 2.95. The Morgan fingerprint density at radius 3 is 2.63 bits per heavy atom. The Balaban J connectivity index is 1.76. The largest absolute Gasteiger partial charge is 0.367 e. The van der Waals surface area contributed by atoms with Crippen LogP contribution in [0.4, 0.5) is 5.82 Å². The third kappa shape index (κ3) is 2.89. The first kappa shape index (κ1) is 12.5. The van der Waals surface area contributed by atoms with Gasteiger partial charge in [-0.15, -0.1) is 0 Å². The summed E-state index contributed by atoms with van der Waals surface area (Å²) < 4.78 is 0. The highest BCUT2D eigenvalue weighted by Gasteiger charge is 2.18. The molecule has 1 aliphatic carbocycles. The molecular weight excluding hydrogens is 232 g/mol. The molecule has 1 heterocycles. The summed E-state index contributed by atoms with van der Waals surface area (Å²) in [6.45, 7) is 4.47. The average molecular weight is 254 g/mol. The number of nitrogens with zero attached hydrogens (tertiary/aromatic N) is 1. The van der Waals surface area contributed by atoms with Crippen molar-refractivity contribution in [3.05, 3.63) is 36.0 Å². The van der Waals surface area contributed by atoms with E-state index in [9.17, 15) is 0 Å².